The highest BCUT2D eigenvalue weighted by atomic mass is 32.2. The van der Waals surface area contributed by atoms with Crippen molar-refractivity contribution in [1.82, 2.24) is 9.44 Å². The zero-order chi connectivity index (χ0) is 13.6. The fraction of sp³-hybridized carbons (Fsp3) is 1.00. The lowest BCUT2D eigenvalue weighted by Gasteiger charge is -2.39. The first-order chi connectivity index (χ1) is 8.47. The molecule has 1 rings (SSSR count). The predicted octanol–water partition coefficient (Wildman–Crippen LogP) is 1.12. The Hall–Kier alpha value is -0.170. The fourth-order valence-electron chi connectivity index (χ4n) is 2.54. The molecule has 0 aromatic rings. The van der Waals surface area contributed by atoms with Gasteiger partial charge in [-0.3, -0.25) is 0 Å². The second-order valence-electron chi connectivity index (χ2n) is 5.34. The van der Waals surface area contributed by atoms with Crippen LogP contribution < -0.4 is 15.2 Å². The van der Waals surface area contributed by atoms with Gasteiger partial charge in [0.2, 0.25) is 0 Å². The van der Waals surface area contributed by atoms with E-state index in [1.165, 1.54) is 6.42 Å². The summed E-state index contributed by atoms with van der Waals surface area (Å²) in [6, 6.07) is 0. The zero-order valence-electron chi connectivity index (χ0n) is 11.5. The number of rotatable bonds is 7. The minimum absolute atomic E-state index is 0.371. The van der Waals surface area contributed by atoms with Crippen molar-refractivity contribution in [1.29, 1.82) is 0 Å². The Morgan fingerprint density at radius 3 is 2.33 bits per heavy atom. The van der Waals surface area contributed by atoms with E-state index >= 15 is 0 Å². The van der Waals surface area contributed by atoms with E-state index in [0.29, 0.717) is 13.1 Å². The van der Waals surface area contributed by atoms with Crippen molar-refractivity contribution >= 4 is 10.2 Å². The molecule has 18 heavy (non-hydrogen) atoms. The molecule has 1 aliphatic rings. The molecule has 1 saturated carbocycles. The van der Waals surface area contributed by atoms with E-state index < -0.39 is 15.7 Å². The van der Waals surface area contributed by atoms with Gasteiger partial charge in [-0.15, -0.1) is 0 Å². The van der Waals surface area contributed by atoms with Crippen LogP contribution in [0.1, 0.15) is 52.4 Å². The van der Waals surface area contributed by atoms with Crippen LogP contribution in [0.15, 0.2) is 0 Å². The molecule has 0 amide bonds. The molecule has 0 radical (unpaired) electrons. The molecule has 0 aromatic carbocycles. The molecule has 0 atom stereocenters. The third-order valence-corrected chi connectivity index (χ3v) is 5.21. The highest BCUT2D eigenvalue weighted by Crippen LogP contribution is 2.33. The maximum Gasteiger partial charge on any atom is 0.277 e. The minimum Gasteiger partial charge on any atom is -0.329 e. The molecular weight excluding hydrogens is 250 g/mol. The molecule has 0 aromatic heterocycles. The Labute approximate surface area is 111 Å². The quantitative estimate of drug-likeness (QED) is 0.652. The normalized spacial score (nSPS) is 29.4. The standard InChI is InChI=1S/C12H27N3O2S/c1-3-9-14-18(16,17)15-12(10-13)7-5-11(4-2)6-8-12/h11,14-15H,3-10,13H2,1-2H3. The summed E-state index contributed by atoms with van der Waals surface area (Å²) in [6.45, 7) is 4.96. The summed E-state index contributed by atoms with van der Waals surface area (Å²) < 4.78 is 29.1. The van der Waals surface area contributed by atoms with Gasteiger partial charge in [-0.2, -0.15) is 13.1 Å². The SMILES string of the molecule is CCCNS(=O)(=O)NC1(CN)CCC(CC)CC1. The average molecular weight is 277 g/mol. The van der Waals surface area contributed by atoms with Crippen LogP contribution in [0.5, 0.6) is 0 Å². The largest absolute Gasteiger partial charge is 0.329 e. The molecule has 0 bridgehead atoms. The van der Waals surface area contributed by atoms with E-state index in [9.17, 15) is 8.42 Å². The summed E-state index contributed by atoms with van der Waals surface area (Å²) >= 11 is 0. The van der Waals surface area contributed by atoms with E-state index in [0.717, 1.165) is 38.0 Å². The highest BCUT2D eigenvalue weighted by Gasteiger charge is 2.36. The molecule has 4 N–H and O–H groups in total. The van der Waals surface area contributed by atoms with Gasteiger partial charge < -0.3 is 5.73 Å². The first-order valence-electron chi connectivity index (χ1n) is 6.95. The first kappa shape index (κ1) is 15.9. The van der Waals surface area contributed by atoms with Gasteiger partial charge in [0.05, 0.1) is 0 Å². The summed E-state index contributed by atoms with van der Waals surface area (Å²) in [7, 11) is -3.42. The van der Waals surface area contributed by atoms with Crippen LogP contribution in [0.3, 0.4) is 0 Å². The van der Waals surface area contributed by atoms with Crippen LogP contribution in [0, 0.1) is 5.92 Å². The molecule has 0 spiro atoms. The molecule has 6 heteroatoms. The van der Waals surface area contributed by atoms with E-state index in [2.05, 4.69) is 16.4 Å². The molecule has 0 heterocycles. The van der Waals surface area contributed by atoms with E-state index in [1.54, 1.807) is 0 Å². The van der Waals surface area contributed by atoms with Gasteiger partial charge in [0.1, 0.15) is 0 Å². The third kappa shape index (κ3) is 4.50. The maximum absolute atomic E-state index is 11.9. The van der Waals surface area contributed by atoms with Gasteiger partial charge >= 0.3 is 0 Å². The lowest BCUT2D eigenvalue weighted by Crippen LogP contribution is -2.58. The maximum atomic E-state index is 11.9. The van der Waals surface area contributed by atoms with Crippen molar-refractivity contribution in [3.63, 3.8) is 0 Å². The van der Waals surface area contributed by atoms with Crippen LogP contribution >= 0.6 is 0 Å². The summed E-state index contributed by atoms with van der Waals surface area (Å²) in [5, 5.41) is 0. The van der Waals surface area contributed by atoms with Crippen molar-refractivity contribution in [3.8, 4) is 0 Å². The number of nitrogens with one attached hydrogen (secondary N) is 2. The Kier molecular flexibility index (Phi) is 6.04. The molecule has 1 aliphatic carbocycles. The molecule has 0 saturated heterocycles. The number of hydrogen-bond donors (Lipinski definition) is 3. The Balaban J connectivity index is 2.61. The smallest absolute Gasteiger partial charge is 0.277 e. The van der Waals surface area contributed by atoms with Gasteiger partial charge in [0.15, 0.2) is 0 Å². The van der Waals surface area contributed by atoms with E-state index in [-0.39, 0.29) is 0 Å². The summed E-state index contributed by atoms with van der Waals surface area (Å²) in [5.74, 6) is 0.720. The molecule has 108 valence electrons. The summed E-state index contributed by atoms with van der Waals surface area (Å²) in [6.07, 6.45) is 5.76. The Morgan fingerprint density at radius 2 is 1.89 bits per heavy atom. The van der Waals surface area contributed by atoms with Crippen molar-refractivity contribution in [3.05, 3.63) is 0 Å². The monoisotopic (exact) mass is 277 g/mol. The molecule has 1 fully saturated rings. The van der Waals surface area contributed by atoms with Crippen LogP contribution in [-0.4, -0.2) is 27.0 Å². The van der Waals surface area contributed by atoms with Gasteiger partial charge in [-0.25, -0.2) is 4.72 Å². The highest BCUT2D eigenvalue weighted by molar-refractivity contribution is 7.87. The molecule has 0 unspecified atom stereocenters. The first-order valence-corrected chi connectivity index (χ1v) is 8.44. The second-order valence-corrected chi connectivity index (χ2v) is 6.84. The molecule has 5 nitrogen and oxygen atoms in total. The van der Waals surface area contributed by atoms with Crippen molar-refractivity contribution in [2.45, 2.75) is 57.9 Å². The van der Waals surface area contributed by atoms with Gasteiger partial charge in [0.25, 0.3) is 10.2 Å². The van der Waals surface area contributed by atoms with Gasteiger partial charge in [-0.1, -0.05) is 20.3 Å². The third-order valence-electron chi connectivity index (χ3n) is 3.92. The van der Waals surface area contributed by atoms with Gasteiger partial charge in [-0.05, 0) is 38.0 Å². The average Bonchev–Trinajstić information content (AvgIpc) is 2.37. The van der Waals surface area contributed by atoms with Crippen LogP contribution in [0.2, 0.25) is 0 Å². The summed E-state index contributed by atoms with van der Waals surface area (Å²) in [4.78, 5) is 0. The number of nitrogens with two attached hydrogens (primary N) is 1. The lowest BCUT2D eigenvalue weighted by molar-refractivity contribution is 0.217. The van der Waals surface area contributed by atoms with Gasteiger partial charge in [0, 0.05) is 18.6 Å². The minimum atomic E-state index is -3.42. The van der Waals surface area contributed by atoms with Crippen LogP contribution in [0.4, 0.5) is 0 Å². The fourth-order valence-corrected chi connectivity index (χ4v) is 3.95. The molecular formula is C12H27N3O2S. The zero-order valence-corrected chi connectivity index (χ0v) is 12.4. The van der Waals surface area contributed by atoms with E-state index in [4.69, 9.17) is 5.73 Å². The Bertz CT molecular complexity index is 335. The number of hydrogen-bond acceptors (Lipinski definition) is 3. The summed E-state index contributed by atoms with van der Waals surface area (Å²) in [5.41, 5.74) is 5.37. The molecule has 0 aliphatic heterocycles. The second kappa shape index (κ2) is 6.84. The van der Waals surface area contributed by atoms with Crippen molar-refractivity contribution < 1.29 is 8.42 Å². The van der Waals surface area contributed by atoms with Crippen LogP contribution in [-0.2, 0) is 10.2 Å². The van der Waals surface area contributed by atoms with E-state index in [1.807, 2.05) is 6.92 Å². The topological polar surface area (TPSA) is 84.2 Å². The van der Waals surface area contributed by atoms with Crippen molar-refractivity contribution in [2.24, 2.45) is 11.7 Å². The van der Waals surface area contributed by atoms with Crippen molar-refractivity contribution in [2.75, 3.05) is 13.1 Å². The lowest BCUT2D eigenvalue weighted by atomic mass is 9.76. The Morgan fingerprint density at radius 1 is 1.28 bits per heavy atom. The van der Waals surface area contributed by atoms with Crippen LogP contribution in [0.25, 0.3) is 0 Å². The predicted molar refractivity (Wildman–Crippen MR) is 74.4 cm³/mol.